The summed E-state index contributed by atoms with van der Waals surface area (Å²) >= 11 is 0. The van der Waals surface area contributed by atoms with Gasteiger partial charge in [0, 0.05) is 21.8 Å². The summed E-state index contributed by atoms with van der Waals surface area (Å²) in [6.45, 7) is 0. The van der Waals surface area contributed by atoms with E-state index in [-0.39, 0.29) is 0 Å². The highest BCUT2D eigenvalue weighted by molar-refractivity contribution is 6.19. The zero-order valence-electron chi connectivity index (χ0n) is 30.0. The van der Waals surface area contributed by atoms with E-state index in [4.69, 9.17) is 0 Å². The fourth-order valence-corrected chi connectivity index (χ4v) is 11.3. The van der Waals surface area contributed by atoms with Crippen molar-refractivity contribution in [3.8, 4) is 27.9 Å². The average molecular weight is 696 g/mol. The molecule has 1 aromatic heterocycles. The normalized spacial score (nSPS) is 14.8. The molecule has 0 radical (unpaired) electrons. The largest absolute Gasteiger partial charge is 0.309 e. The zero-order chi connectivity index (χ0) is 35.9. The Morgan fingerprint density at radius 1 is 0.291 bits per heavy atom. The number of hydrogen-bond acceptors (Lipinski definition) is 0. The third-order valence-electron chi connectivity index (χ3n) is 13.3. The van der Waals surface area contributed by atoms with E-state index in [1.54, 1.807) is 0 Å². The molecule has 1 nitrogen and oxygen atoms in total. The average Bonchev–Trinajstić information content (AvgIpc) is 3.86. The van der Waals surface area contributed by atoms with Crippen molar-refractivity contribution in [2.24, 2.45) is 0 Å². The molecule has 0 saturated heterocycles. The maximum atomic E-state index is 2.61. The Labute approximate surface area is 319 Å². The van der Waals surface area contributed by atoms with Gasteiger partial charge in [-0.15, -0.1) is 0 Å². The van der Waals surface area contributed by atoms with E-state index in [1.165, 1.54) is 105 Å². The van der Waals surface area contributed by atoms with Gasteiger partial charge in [0.25, 0.3) is 0 Å². The van der Waals surface area contributed by atoms with Crippen molar-refractivity contribution in [1.82, 2.24) is 4.57 Å². The van der Waals surface area contributed by atoms with Gasteiger partial charge in [-0.3, -0.25) is 0 Å². The lowest BCUT2D eigenvalue weighted by Crippen LogP contribution is -2.43. The van der Waals surface area contributed by atoms with Crippen LogP contribution in [0.1, 0.15) is 44.5 Å². The van der Waals surface area contributed by atoms with Gasteiger partial charge in [-0.25, -0.2) is 0 Å². The Hall–Kier alpha value is -6.96. The number of hydrogen-bond donors (Lipinski definition) is 0. The molecule has 1 heteroatoms. The molecule has 2 spiro atoms. The van der Waals surface area contributed by atoms with Crippen molar-refractivity contribution in [2.75, 3.05) is 0 Å². The first-order chi connectivity index (χ1) is 27.3. The first kappa shape index (κ1) is 29.5. The number of aromatic nitrogens is 1. The predicted molar refractivity (Wildman–Crippen MR) is 226 cm³/mol. The van der Waals surface area contributed by atoms with Crippen LogP contribution in [0.5, 0.6) is 0 Å². The van der Waals surface area contributed by atoms with Crippen LogP contribution in [0.25, 0.3) is 60.5 Å². The van der Waals surface area contributed by atoms with Crippen LogP contribution in [-0.2, 0) is 10.8 Å². The summed E-state index contributed by atoms with van der Waals surface area (Å²) in [4.78, 5) is 0. The van der Waals surface area contributed by atoms with Crippen LogP contribution in [0.2, 0.25) is 0 Å². The van der Waals surface area contributed by atoms with Crippen LogP contribution in [0.15, 0.2) is 200 Å². The van der Waals surface area contributed by atoms with E-state index in [0.29, 0.717) is 0 Å². The fraction of sp³-hybridized carbons (Fsp3) is 0.0370. The summed E-state index contributed by atoms with van der Waals surface area (Å²) in [5, 5.41) is 5.06. The predicted octanol–water partition coefficient (Wildman–Crippen LogP) is 13.0. The molecule has 13 rings (SSSR count). The zero-order valence-corrected chi connectivity index (χ0v) is 30.0. The van der Waals surface area contributed by atoms with Gasteiger partial charge in [-0.1, -0.05) is 176 Å². The minimum absolute atomic E-state index is 0.525. The third-order valence-corrected chi connectivity index (χ3v) is 13.3. The monoisotopic (exact) mass is 695 g/mol. The number of para-hydroxylation sites is 1. The Morgan fingerprint density at radius 2 is 0.727 bits per heavy atom. The molecule has 55 heavy (non-hydrogen) atoms. The molecule has 10 aromatic rings. The van der Waals surface area contributed by atoms with Crippen LogP contribution >= 0.6 is 0 Å². The van der Waals surface area contributed by atoms with Crippen LogP contribution in [-0.4, -0.2) is 4.57 Å². The smallest absolute Gasteiger partial charge is 0.0720 e. The van der Waals surface area contributed by atoms with Gasteiger partial charge in [0.2, 0.25) is 0 Å². The molecular formula is C54H33N. The summed E-state index contributed by atoms with van der Waals surface area (Å²) in [6.07, 6.45) is 0. The summed E-state index contributed by atoms with van der Waals surface area (Å²) in [7, 11) is 0. The van der Waals surface area contributed by atoms with Gasteiger partial charge < -0.3 is 4.57 Å². The van der Waals surface area contributed by atoms with E-state index in [2.05, 4.69) is 205 Å². The Bertz CT molecular complexity index is 3180. The topological polar surface area (TPSA) is 4.93 Å². The van der Waals surface area contributed by atoms with Crippen molar-refractivity contribution in [3.63, 3.8) is 0 Å². The number of nitrogens with zero attached hydrogens (tertiary/aromatic N) is 1. The van der Waals surface area contributed by atoms with Gasteiger partial charge in [0.05, 0.1) is 21.9 Å². The standard InChI is InChI=1S/C54H33N/c1-2-17-35(18-3-1)55-51-33-50-49(32-42(51)41-31-30-34-16-4-5-19-36(34)52(41)55)53(43-24-10-6-20-37(43)38-21-7-11-25-44(38)53)47-28-14-15-29-48(47)54(50)45-26-12-8-22-39(45)40-23-9-13-27-46(40)54/h1-33H. The number of rotatable bonds is 1. The highest BCUT2D eigenvalue weighted by atomic mass is 15.0. The van der Waals surface area contributed by atoms with E-state index < -0.39 is 10.8 Å². The fourth-order valence-electron chi connectivity index (χ4n) is 11.3. The quantitative estimate of drug-likeness (QED) is 0.161. The molecule has 254 valence electrons. The molecule has 0 fully saturated rings. The van der Waals surface area contributed by atoms with Crippen LogP contribution in [0.4, 0.5) is 0 Å². The second kappa shape index (κ2) is 10.4. The molecule has 3 aliphatic rings. The Morgan fingerprint density at radius 3 is 1.27 bits per heavy atom. The highest BCUT2D eigenvalue weighted by Gasteiger charge is 2.59. The molecule has 0 bridgehead atoms. The van der Waals surface area contributed by atoms with Gasteiger partial charge in [-0.05, 0) is 96.4 Å². The molecule has 0 amide bonds. The Balaban J connectivity index is 1.32. The molecule has 0 atom stereocenters. The van der Waals surface area contributed by atoms with Crippen molar-refractivity contribution in [3.05, 3.63) is 245 Å². The number of fused-ring (bicyclic) bond motifs is 21. The van der Waals surface area contributed by atoms with E-state index in [0.717, 1.165) is 0 Å². The number of benzene rings is 9. The lowest BCUT2D eigenvalue weighted by atomic mass is 9.52. The molecule has 0 aliphatic heterocycles. The first-order valence-electron chi connectivity index (χ1n) is 19.4. The summed E-state index contributed by atoms with van der Waals surface area (Å²) in [5.41, 5.74) is 18.7. The summed E-state index contributed by atoms with van der Waals surface area (Å²) in [5.74, 6) is 0. The van der Waals surface area contributed by atoms with Gasteiger partial charge in [-0.2, -0.15) is 0 Å². The lowest BCUT2D eigenvalue weighted by molar-refractivity contribution is 0.634. The van der Waals surface area contributed by atoms with Crippen molar-refractivity contribution in [1.29, 1.82) is 0 Å². The highest BCUT2D eigenvalue weighted by Crippen LogP contribution is 2.68. The van der Waals surface area contributed by atoms with Crippen molar-refractivity contribution < 1.29 is 0 Å². The minimum Gasteiger partial charge on any atom is -0.309 e. The maximum absolute atomic E-state index is 2.61. The van der Waals surface area contributed by atoms with Gasteiger partial charge >= 0.3 is 0 Å². The summed E-state index contributed by atoms with van der Waals surface area (Å²) < 4.78 is 2.54. The van der Waals surface area contributed by atoms with Crippen LogP contribution in [0, 0.1) is 0 Å². The first-order valence-corrected chi connectivity index (χ1v) is 19.4. The van der Waals surface area contributed by atoms with Crippen LogP contribution in [0.3, 0.4) is 0 Å². The molecule has 9 aromatic carbocycles. The van der Waals surface area contributed by atoms with E-state index >= 15 is 0 Å². The van der Waals surface area contributed by atoms with E-state index in [1.807, 2.05) is 0 Å². The minimum atomic E-state index is -0.537. The summed E-state index contributed by atoms with van der Waals surface area (Å²) in [6, 6.07) is 75.8. The molecular weight excluding hydrogens is 663 g/mol. The SMILES string of the molecule is c1ccc(-n2c3cc4c(cc3c3ccc5ccccc5c32)C2(c3ccccc3-c3ccccc32)c2ccccc2C42c3ccccc3-c3ccccc32)cc1. The molecule has 0 N–H and O–H groups in total. The molecule has 3 aliphatic carbocycles. The molecule has 1 heterocycles. The third kappa shape index (κ3) is 3.38. The van der Waals surface area contributed by atoms with E-state index in [9.17, 15) is 0 Å². The molecule has 0 saturated carbocycles. The van der Waals surface area contributed by atoms with Crippen LogP contribution < -0.4 is 0 Å². The molecule has 0 unspecified atom stereocenters. The second-order valence-electron chi connectivity index (χ2n) is 15.5. The maximum Gasteiger partial charge on any atom is 0.0720 e. The second-order valence-corrected chi connectivity index (χ2v) is 15.5. The lowest BCUT2D eigenvalue weighted by Gasteiger charge is -2.49. The van der Waals surface area contributed by atoms with Crippen molar-refractivity contribution in [2.45, 2.75) is 10.8 Å². The Kier molecular flexibility index (Phi) is 5.56. The van der Waals surface area contributed by atoms with Gasteiger partial charge in [0.15, 0.2) is 0 Å². The van der Waals surface area contributed by atoms with Gasteiger partial charge in [0.1, 0.15) is 0 Å². The van der Waals surface area contributed by atoms with Crippen molar-refractivity contribution >= 4 is 32.6 Å².